The fourth-order valence-corrected chi connectivity index (χ4v) is 4.50. The van der Waals surface area contributed by atoms with Crippen LogP contribution in [0.5, 0.6) is 0 Å². The molecule has 1 aliphatic rings. The molecule has 4 aromatic heterocycles. The van der Waals surface area contributed by atoms with Crippen LogP contribution in [0.2, 0.25) is 0 Å². The first kappa shape index (κ1) is 17.9. The Morgan fingerprint density at radius 1 is 1.24 bits per heavy atom. The fourth-order valence-electron chi connectivity index (χ4n) is 3.81. The maximum atomic E-state index is 13.5. The monoisotopic (exact) mass is 408 g/mol. The number of aryl methyl sites for hydroxylation is 2. The number of rotatable bonds is 3. The third-order valence-electron chi connectivity index (χ3n) is 5.23. The molecule has 5 heterocycles. The van der Waals surface area contributed by atoms with Crippen LogP contribution in [0.25, 0.3) is 22.5 Å². The molecule has 0 saturated carbocycles. The SMILES string of the molecule is Cc1nn(C)c2nc(-c3ccco3)cc(C(=O)N3CCN(c4nccs4)CC3)c12. The van der Waals surface area contributed by atoms with Crippen LogP contribution in [0.4, 0.5) is 5.13 Å². The number of hydrogen-bond donors (Lipinski definition) is 0. The van der Waals surface area contributed by atoms with E-state index in [1.807, 2.05) is 48.6 Å². The van der Waals surface area contributed by atoms with Gasteiger partial charge in [0.15, 0.2) is 16.5 Å². The number of hydrogen-bond acceptors (Lipinski definition) is 7. The summed E-state index contributed by atoms with van der Waals surface area (Å²) in [6.07, 6.45) is 3.42. The average Bonchev–Trinajstić information content (AvgIpc) is 3.50. The molecule has 8 nitrogen and oxygen atoms in total. The lowest BCUT2D eigenvalue weighted by Gasteiger charge is -2.34. The van der Waals surface area contributed by atoms with E-state index in [0.29, 0.717) is 35.8 Å². The lowest BCUT2D eigenvalue weighted by Crippen LogP contribution is -2.48. The summed E-state index contributed by atoms with van der Waals surface area (Å²) in [7, 11) is 1.84. The van der Waals surface area contributed by atoms with Crippen LogP contribution in [0.3, 0.4) is 0 Å². The molecule has 1 amide bonds. The Morgan fingerprint density at radius 2 is 2.07 bits per heavy atom. The molecule has 0 N–H and O–H groups in total. The van der Waals surface area contributed by atoms with Gasteiger partial charge in [-0.25, -0.2) is 9.97 Å². The number of amides is 1. The van der Waals surface area contributed by atoms with E-state index in [9.17, 15) is 4.79 Å². The van der Waals surface area contributed by atoms with Gasteiger partial charge in [0, 0.05) is 44.8 Å². The molecular weight excluding hydrogens is 388 g/mol. The molecule has 0 atom stereocenters. The predicted octanol–water partition coefficient (Wildman–Crippen LogP) is 2.96. The van der Waals surface area contributed by atoms with Crippen molar-refractivity contribution in [2.45, 2.75) is 6.92 Å². The molecule has 1 fully saturated rings. The Labute approximate surface area is 171 Å². The third kappa shape index (κ3) is 3.07. The zero-order valence-corrected chi connectivity index (χ0v) is 17.0. The van der Waals surface area contributed by atoms with E-state index in [4.69, 9.17) is 9.40 Å². The van der Waals surface area contributed by atoms with Crippen LogP contribution >= 0.6 is 11.3 Å². The van der Waals surface area contributed by atoms with Crippen molar-refractivity contribution in [3.05, 3.63) is 47.3 Å². The summed E-state index contributed by atoms with van der Waals surface area (Å²) >= 11 is 1.62. The number of anilines is 1. The van der Waals surface area contributed by atoms with E-state index >= 15 is 0 Å². The van der Waals surface area contributed by atoms with E-state index in [0.717, 1.165) is 29.3 Å². The summed E-state index contributed by atoms with van der Waals surface area (Å²) < 4.78 is 7.24. The Hall–Kier alpha value is -3.20. The van der Waals surface area contributed by atoms with Gasteiger partial charge >= 0.3 is 0 Å². The van der Waals surface area contributed by atoms with E-state index in [1.54, 1.807) is 22.3 Å². The second-order valence-corrected chi connectivity index (χ2v) is 7.91. The number of fused-ring (bicyclic) bond motifs is 1. The summed E-state index contributed by atoms with van der Waals surface area (Å²) in [5, 5.41) is 8.27. The molecular formula is C20H20N6O2S. The molecule has 0 unspecified atom stereocenters. The standard InChI is InChI=1S/C20H20N6O2S/c1-13-17-14(12-15(16-4-3-10-28-16)22-18(17)24(2)23-13)19(27)25-6-8-26(9-7-25)20-21-5-11-29-20/h3-5,10-12H,6-9H2,1-2H3. The molecule has 0 radical (unpaired) electrons. The number of nitrogens with zero attached hydrogens (tertiary/aromatic N) is 6. The molecule has 1 aliphatic heterocycles. The quantitative estimate of drug-likeness (QED) is 0.519. The molecule has 0 aliphatic carbocycles. The first-order valence-electron chi connectivity index (χ1n) is 9.44. The van der Waals surface area contributed by atoms with Gasteiger partial charge in [-0.3, -0.25) is 9.48 Å². The minimum Gasteiger partial charge on any atom is -0.463 e. The van der Waals surface area contributed by atoms with Gasteiger partial charge in [-0.1, -0.05) is 0 Å². The van der Waals surface area contributed by atoms with Gasteiger partial charge in [-0.2, -0.15) is 5.10 Å². The van der Waals surface area contributed by atoms with Crippen molar-refractivity contribution in [1.82, 2.24) is 24.6 Å². The molecule has 4 aromatic rings. The van der Waals surface area contributed by atoms with Crippen molar-refractivity contribution in [1.29, 1.82) is 0 Å². The van der Waals surface area contributed by atoms with Crippen LogP contribution < -0.4 is 4.90 Å². The second-order valence-electron chi connectivity index (χ2n) is 7.03. The molecule has 1 saturated heterocycles. The summed E-state index contributed by atoms with van der Waals surface area (Å²) in [5.41, 5.74) is 2.73. The van der Waals surface area contributed by atoms with Crippen molar-refractivity contribution in [3.8, 4) is 11.5 Å². The van der Waals surface area contributed by atoms with Crippen LogP contribution in [-0.2, 0) is 7.05 Å². The van der Waals surface area contributed by atoms with E-state index in [-0.39, 0.29) is 5.91 Å². The summed E-state index contributed by atoms with van der Waals surface area (Å²) in [5.74, 6) is 0.633. The highest BCUT2D eigenvalue weighted by atomic mass is 32.1. The minimum atomic E-state index is 0.0000879. The Kier molecular flexibility index (Phi) is 4.31. The summed E-state index contributed by atoms with van der Waals surface area (Å²) in [6.45, 7) is 4.75. The lowest BCUT2D eigenvalue weighted by atomic mass is 10.1. The van der Waals surface area contributed by atoms with E-state index in [1.165, 1.54) is 0 Å². The van der Waals surface area contributed by atoms with Crippen LogP contribution in [0.1, 0.15) is 16.1 Å². The number of carbonyl (C=O) groups is 1. The third-order valence-corrected chi connectivity index (χ3v) is 6.06. The molecule has 29 heavy (non-hydrogen) atoms. The number of carbonyl (C=O) groups excluding carboxylic acids is 1. The number of aromatic nitrogens is 4. The average molecular weight is 408 g/mol. The summed E-state index contributed by atoms with van der Waals surface area (Å²) in [6, 6.07) is 5.48. The van der Waals surface area contributed by atoms with Gasteiger partial charge in [0.25, 0.3) is 5.91 Å². The van der Waals surface area contributed by atoms with Crippen LogP contribution in [-0.4, -0.2) is 56.7 Å². The maximum absolute atomic E-state index is 13.5. The highest BCUT2D eigenvalue weighted by Gasteiger charge is 2.27. The Bertz CT molecular complexity index is 1160. The normalized spacial score (nSPS) is 14.7. The topological polar surface area (TPSA) is 80.3 Å². The van der Waals surface area contributed by atoms with Crippen molar-refractivity contribution < 1.29 is 9.21 Å². The molecule has 0 aromatic carbocycles. The maximum Gasteiger partial charge on any atom is 0.254 e. The zero-order valence-electron chi connectivity index (χ0n) is 16.2. The van der Waals surface area contributed by atoms with Gasteiger partial charge in [0.2, 0.25) is 0 Å². The predicted molar refractivity (Wildman–Crippen MR) is 111 cm³/mol. The highest BCUT2D eigenvalue weighted by molar-refractivity contribution is 7.13. The van der Waals surface area contributed by atoms with Crippen molar-refractivity contribution in [2.24, 2.45) is 7.05 Å². The van der Waals surface area contributed by atoms with Crippen LogP contribution in [0, 0.1) is 6.92 Å². The van der Waals surface area contributed by atoms with Gasteiger partial charge in [0.05, 0.1) is 22.9 Å². The molecule has 9 heteroatoms. The highest BCUT2D eigenvalue weighted by Crippen LogP contribution is 2.28. The van der Waals surface area contributed by atoms with Gasteiger partial charge < -0.3 is 14.2 Å². The first-order valence-corrected chi connectivity index (χ1v) is 10.3. The Balaban J connectivity index is 1.50. The molecule has 0 bridgehead atoms. The zero-order chi connectivity index (χ0) is 20.0. The number of pyridine rings is 1. The fraction of sp³-hybridized carbons (Fsp3) is 0.300. The molecule has 0 spiro atoms. The van der Waals surface area contributed by atoms with Gasteiger partial charge in [-0.15, -0.1) is 11.3 Å². The molecule has 5 rings (SSSR count). The van der Waals surface area contributed by atoms with E-state index < -0.39 is 0 Å². The largest absolute Gasteiger partial charge is 0.463 e. The van der Waals surface area contributed by atoms with Crippen molar-refractivity contribution in [2.75, 3.05) is 31.1 Å². The van der Waals surface area contributed by atoms with Crippen molar-refractivity contribution >= 4 is 33.4 Å². The number of piperazine rings is 1. The first-order chi connectivity index (χ1) is 14.1. The smallest absolute Gasteiger partial charge is 0.254 e. The van der Waals surface area contributed by atoms with Crippen LogP contribution in [0.15, 0.2) is 40.5 Å². The Morgan fingerprint density at radius 3 is 2.76 bits per heavy atom. The minimum absolute atomic E-state index is 0.0000879. The number of furan rings is 1. The van der Waals surface area contributed by atoms with Crippen molar-refractivity contribution in [3.63, 3.8) is 0 Å². The molecule has 148 valence electrons. The summed E-state index contributed by atoms with van der Waals surface area (Å²) in [4.78, 5) is 26.7. The second kappa shape index (κ2) is 7.00. The van der Waals surface area contributed by atoms with Gasteiger partial charge in [0.1, 0.15) is 5.69 Å². The van der Waals surface area contributed by atoms with E-state index in [2.05, 4.69) is 15.0 Å². The lowest BCUT2D eigenvalue weighted by molar-refractivity contribution is 0.0748. The van der Waals surface area contributed by atoms with Gasteiger partial charge in [-0.05, 0) is 25.1 Å². The number of thiazole rings is 1.